The SMILES string of the molecule is N=C(N)c1ccccc1CCC1CNCCO1. The van der Waals surface area contributed by atoms with Crippen molar-refractivity contribution in [2.75, 3.05) is 19.7 Å². The van der Waals surface area contributed by atoms with Crippen molar-refractivity contribution in [3.8, 4) is 0 Å². The molecule has 1 atom stereocenters. The van der Waals surface area contributed by atoms with Gasteiger partial charge in [-0.3, -0.25) is 5.41 Å². The van der Waals surface area contributed by atoms with Crippen LogP contribution in [0, 0.1) is 5.41 Å². The first kappa shape index (κ1) is 12.1. The Kier molecular flexibility index (Phi) is 4.12. The Morgan fingerprint density at radius 3 is 3.00 bits per heavy atom. The summed E-state index contributed by atoms with van der Waals surface area (Å²) in [5.41, 5.74) is 7.54. The largest absolute Gasteiger partial charge is 0.384 e. The van der Waals surface area contributed by atoms with Gasteiger partial charge >= 0.3 is 0 Å². The Bertz CT molecular complexity index is 386. The molecule has 4 heteroatoms. The van der Waals surface area contributed by atoms with Crippen LogP contribution in [0.5, 0.6) is 0 Å². The Hall–Kier alpha value is -1.39. The topological polar surface area (TPSA) is 71.1 Å². The van der Waals surface area contributed by atoms with E-state index in [0.29, 0.717) is 0 Å². The number of hydrogen-bond acceptors (Lipinski definition) is 3. The number of aryl methyl sites for hydroxylation is 1. The van der Waals surface area contributed by atoms with Crippen LogP contribution < -0.4 is 11.1 Å². The van der Waals surface area contributed by atoms with E-state index in [1.165, 1.54) is 0 Å². The van der Waals surface area contributed by atoms with Crippen LogP contribution in [0.1, 0.15) is 17.5 Å². The van der Waals surface area contributed by atoms with Crippen LogP contribution in [-0.2, 0) is 11.2 Å². The summed E-state index contributed by atoms with van der Waals surface area (Å²) < 4.78 is 5.65. The fraction of sp³-hybridized carbons (Fsp3) is 0.462. The highest BCUT2D eigenvalue weighted by Crippen LogP contribution is 2.13. The van der Waals surface area contributed by atoms with Crippen LogP contribution in [-0.4, -0.2) is 31.6 Å². The summed E-state index contributed by atoms with van der Waals surface area (Å²) >= 11 is 0. The lowest BCUT2D eigenvalue weighted by molar-refractivity contribution is 0.0238. The van der Waals surface area contributed by atoms with Crippen LogP contribution in [0.25, 0.3) is 0 Å². The number of hydrogen-bond donors (Lipinski definition) is 3. The van der Waals surface area contributed by atoms with Crippen LogP contribution in [0.2, 0.25) is 0 Å². The molecule has 1 saturated heterocycles. The van der Waals surface area contributed by atoms with Crippen LogP contribution in [0.3, 0.4) is 0 Å². The highest BCUT2D eigenvalue weighted by atomic mass is 16.5. The maximum absolute atomic E-state index is 7.53. The van der Waals surface area contributed by atoms with Crippen molar-refractivity contribution in [3.63, 3.8) is 0 Å². The van der Waals surface area contributed by atoms with E-state index in [9.17, 15) is 0 Å². The monoisotopic (exact) mass is 233 g/mol. The smallest absolute Gasteiger partial charge is 0.123 e. The lowest BCUT2D eigenvalue weighted by Gasteiger charge is -2.23. The highest BCUT2D eigenvalue weighted by Gasteiger charge is 2.14. The zero-order chi connectivity index (χ0) is 12.1. The summed E-state index contributed by atoms with van der Waals surface area (Å²) in [5, 5.41) is 10.8. The Morgan fingerprint density at radius 2 is 2.29 bits per heavy atom. The Morgan fingerprint density at radius 1 is 1.47 bits per heavy atom. The molecule has 1 aliphatic heterocycles. The quantitative estimate of drug-likeness (QED) is 0.534. The van der Waals surface area contributed by atoms with Crippen molar-refractivity contribution in [3.05, 3.63) is 35.4 Å². The molecule has 0 saturated carbocycles. The Balaban J connectivity index is 1.96. The zero-order valence-electron chi connectivity index (χ0n) is 9.91. The molecule has 1 heterocycles. The van der Waals surface area contributed by atoms with E-state index in [0.717, 1.165) is 43.7 Å². The second-order valence-electron chi connectivity index (χ2n) is 4.31. The number of ether oxygens (including phenoxy) is 1. The van der Waals surface area contributed by atoms with Gasteiger partial charge in [-0.1, -0.05) is 24.3 Å². The van der Waals surface area contributed by atoms with Crippen LogP contribution in [0.15, 0.2) is 24.3 Å². The minimum atomic E-state index is 0.142. The molecule has 1 aromatic carbocycles. The first-order valence-corrected chi connectivity index (χ1v) is 6.02. The lowest BCUT2D eigenvalue weighted by Crippen LogP contribution is -2.38. The summed E-state index contributed by atoms with van der Waals surface area (Å²) in [6.07, 6.45) is 2.16. The molecule has 0 bridgehead atoms. The van der Waals surface area contributed by atoms with Crippen molar-refractivity contribution < 1.29 is 4.74 Å². The molecule has 4 N–H and O–H groups in total. The fourth-order valence-electron chi connectivity index (χ4n) is 2.12. The molecule has 1 fully saturated rings. The summed E-state index contributed by atoms with van der Waals surface area (Å²) in [7, 11) is 0. The van der Waals surface area contributed by atoms with Gasteiger partial charge in [0.25, 0.3) is 0 Å². The van der Waals surface area contributed by atoms with Gasteiger partial charge in [0.1, 0.15) is 5.84 Å². The molecule has 0 radical (unpaired) electrons. The molecule has 2 rings (SSSR count). The normalized spacial score (nSPS) is 20.1. The molecule has 92 valence electrons. The summed E-state index contributed by atoms with van der Waals surface area (Å²) in [6.45, 7) is 2.65. The molecule has 4 nitrogen and oxygen atoms in total. The summed E-state index contributed by atoms with van der Waals surface area (Å²) in [5.74, 6) is 0.142. The predicted octanol–water partition coefficient (Wildman–Crippen LogP) is 0.892. The number of rotatable bonds is 4. The number of nitrogens with two attached hydrogens (primary N) is 1. The highest BCUT2D eigenvalue weighted by molar-refractivity contribution is 5.96. The molecule has 0 spiro atoms. The molecule has 0 aromatic heterocycles. The van der Waals surface area contributed by atoms with Gasteiger partial charge in [-0.05, 0) is 18.4 Å². The van der Waals surface area contributed by atoms with E-state index in [-0.39, 0.29) is 11.9 Å². The molecule has 1 unspecified atom stereocenters. The molecular weight excluding hydrogens is 214 g/mol. The maximum atomic E-state index is 7.53. The van der Waals surface area contributed by atoms with Gasteiger partial charge in [0.05, 0.1) is 12.7 Å². The standard InChI is InChI=1S/C13H19N3O/c14-13(15)12-4-2-1-3-10(12)5-6-11-9-16-7-8-17-11/h1-4,11,16H,5-9H2,(H3,14,15). The van der Waals surface area contributed by atoms with E-state index in [4.69, 9.17) is 15.9 Å². The van der Waals surface area contributed by atoms with Gasteiger partial charge in [-0.15, -0.1) is 0 Å². The van der Waals surface area contributed by atoms with Crippen molar-refractivity contribution in [2.24, 2.45) is 5.73 Å². The molecule has 1 aliphatic rings. The van der Waals surface area contributed by atoms with E-state index < -0.39 is 0 Å². The minimum absolute atomic E-state index is 0.142. The summed E-state index contributed by atoms with van der Waals surface area (Å²) in [6, 6.07) is 7.84. The first-order chi connectivity index (χ1) is 8.27. The van der Waals surface area contributed by atoms with Crippen molar-refractivity contribution >= 4 is 5.84 Å². The third kappa shape index (κ3) is 3.28. The molecule has 17 heavy (non-hydrogen) atoms. The predicted molar refractivity (Wildman–Crippen MR) is 68.4 cm³/mol. The average Bonchev–Trinajstić information content (AvgIpc) is 2.38. The number of morpholine rings is 1. The number of benzene rings is 1. The second-order valence-corrected chi connectivity index (χ2v) is 4.31. The number of nitrogens with one attached hydrogen (secondary N) is 2. The molecule has 0 aliphatic carbocycles. The first-order valence-electron chi connectivity index (χ1n) is 6.02. The van der Waals surface area contributed by atoms with Crippen molar-refractivity contribution in [1.82, 2.24) is 5.32 Å². The van der Waals surface area contributed by atoms with Gasteiger partial charge in [-0.25, -0.2) is 0 Å². The van der Waals surface area contributed by atoms with Gasteiger partial charge in [-0.2, -0.15) is 0 Å². The van der Waals surface area contributed by atoms with E-state index in [2.05, 4.69) is 5.32 Å². The summed E-state index contributed by atoms with van der Waals surface area (Å²) in [4.78, 5) is 0. The van der Waals surface area contributed by atoms with Gasteiger partial charge < -0.3 is 15.8 Å². The third-order valence-electron chi connectivity index (χ3n) is 3.05. The second kappa shape index (κ2) is 5.80. The molecular formula is C13H19N3O. The number of amidine groups is 1. The Labute approximate surface area is 102 Å². The van der Waals surface area contributed by atoms with Gasteiger partial charge in [0.15, 0.2) is 0 Å². The molecule has 0 amide bonds. The van der Waals surface area contributed by atoms with E-state index >= 15 is 0 Å². The minimum Gasteiger partial charge on any atom is -0.384 e. The van der Waals surface area contributed by atoms with Crippen molar-refractivity contribution in [1.29, 1.82) is 5.41 Å². The third-order valence-corrected chi connectivity index (χ3v) is 3.05. The van der Waals surface area contributed by atoms with Gasteiger partial charge in [0.2, 0.25) is 0 Å². The molecule has 1 aromatic rings. The lowest BCUT2D eigenvalue weighted by atomic mass is 10.00. The van der Waals surface area contributed by atoms with Crippen molar-refractivity contribution in [2.45, 2.75) is 18.9 Å². The average molecular weight is 233 g/mol. The zero-order valence-corrected chi connectivity index (χ0v) is 9.91. The van der Waals surface area contributed by atoms with Crippen LogP contribution in [0.4, 0.5) is 0 Å². The fourth-order valence-corrected chi connectivity index (χ4v) is 2.12. The number of nitrogen functional groups attached to an aromatic ring is 1. The van der Waals surface area contributed by atoms with Gasteiger partial charge in [0, 0.05) is 18.7 Å². The van der Waals surface area contributed by atoms with Crippen LogP contribution >= 0.6 is 0 Å². The van der Waals surface area contributed by atoms with E-state index in [1.54, 1.807) is 0 Å². The maximum Gasteiger partial charge on any atom is 0.123 e. The van der Waals surface area contributed by atoms with E-state index in [1.807, 2.05) is 24.3 Å².